The Balaban J connectivity index is 2.26. The molecule has 0 aromatic heterocycles. The van der Waals surface area contributed by atoms with E-state index < -0.39 is 4.92 Å². The molecular formula is C16H16BrNO5. The zero-order chi connectivity index (χ0) is 17.0. The first-order chi connectivity index (χ1) is 11.0. The number of nitrogens with zero attached hydrogens (tertiary/aromatic N) is 1. The van der Waals surface area contributed by atoms with Crippen LogP contribution >= 0.6 is 15.9 Å². The normalized spacial score (nSPS) is 10.3. The van der Waals surface area contributed by atoms with Gasteiger partial charge in [0.15, 0.2) is 17.2 Å². The van der Waals surface area contributed by atoms with Gasteiger partial charge in [-0.05, 0) is 30.7 Å². The Bertz CT molecular complexity index is 733. The van der Waals surface area contributed by atoms with Crippen molar-refractivity contribution in [3.8, 4) is 17.2 Å². The minimum absolute atomic E-state index is 0.0541. The number of halogens is 1. The Hall–Kier alpha value is -2.28. The number of nitro benzene ring substituents is 1. The second kappa shape index (κ2) is 7.32. The standard InChI is InChI=1S/C16H16BrNO5/c1-10-4-5-14(13(6-10)18(19)20)23-9-11-7-15(21-2)16(22-3)8-12(11)17/h4-8H,9H2,1-3H3. The van der Waals surface area contributed by atoms with Crippen LogP contribution in [0.1, 0.15) is 11.1 Å². The number of ether oxygens (including phenoxy) is 3. The largest absolute Gasteiger partial charge is 0.493 e. The van der Waals surface area contributed by atoms with Gasteiger partial charge in [-0.25, -0.2) is 0 Å². The molecule has 0 unspecified atom stereocenters. The SMILES string of the molecule is COc1cc(Br)c(COc2ccc(C)cc2[N+](=O)[O-])cc1OC. The van der Waals surface area contributed by atoms with E-state index in [-0.39, 0.29) is 18.0 Å². The first-order valence-corrected chi connectivity index (χ1v) is 7.53. The zero-order valence-electron chi connectivity index (χ0n) is 13.0. The Morgan fingerprint density at radius 3 is 2.35 bits per heavy atom. The molecule has 0 heterocycles. The molecule has 7 heteroatoms. The molecule has 23 heavy (non-hydrogen) atoms. The van der Waals surface area contributed by atoms with Gasteiger partial charge in [0.25, 0.3) is 0 Å². The fourth-order valence-electron chi connectivity index (χ4n) is 2.05. The molecule has 2 aromatic carbocycles. The molecule has 0 aliphatic carbocycles. The maximum atomic E-state index is 11.1. The molecule has 0 fully saturated rings. The first-order valence-electron chi connectivity index (χ1n) is 6.74. The number of nitro groups is 1. The smallest absolute Gasteiger partial charge is 0.311 e. The molecule has 0 radical (unpaired) electrons. The van der Waals surface area contributed by atoms with E-state index in [2.05, 4.69) is 15.9 Å². The summed E-state index contributed by atoms with van der Waals surface area (Å²) in [6.45, 7) is 1.95. The summed E-state index contributed by atoms with van der Waals surface area (Å²) in [7, 11) is 3.09. The van der Waals surface area contributed by atoms with Gasteiger partial charge in [-0.3, -0.25) is 10.1 Å². The maximum absolute atomic E-state index is 11.1. The Morgan fingerprint density at radius 2 is 1.74 bits per heavy atom. The van der Waals surface area contributed by atoms with Crippen LogP contribution in [0, 0.1) is 17.0 Å². The van der Waals surface area contributed by atoms with E-state index in [0.717, 1.165) is 15.6 Å². The van der Waals surface area contributed by atoms with Crippen LogP contribution in [0.15, 0.2) is 34.8 Å². The van der Waals surface area contributed by atoms with Gasteiger partial charge in [-0.15, -0.1) is 0 Å². The van der Waals surface area contributed by atoms with E-state index in [4.69, 9.17) is 14.2 Å². The number of aryl methyl sites for hydroxylation is 1. The van der Waals surface area contributed by atoms with Gasteiger partial charge in [-0.2, -0.15) is 0 Å². The number of methoxy groups -OCH3 is 2. The van der Waals surface area contributed by atoms with E-state index >= 15 is 0 Å². The summed E-state index contributed by atoms with van der Waals surface area (Å²) in [6.07, 6.45) is 0. The lowest BCUT2D eigenvalue weighted by atomic mass is 10.2. The molecule has 0 saturated carbocycles. The zero-order valence-corrected chi connectivity index (χ0v) is 14.5. The third-order valence-electron chi connectivity index (χ3n) is 3.25. The van der Waals surface area contributed by atoms with Gasteiger partial charge in [0.05, 0.1) is 19.1 Å². The first kappa shape index (κ1) is 17.1. The highest BCUT2D eigenvalue weighted by Gasteiger charge is 2.16. The molecule has 6 nitrogen and oxygen atoms in total. The van der Waals surface area contributed by atoms with Crippen molar-refractivity contribution in [3.05, 3.63) is 56.0 Å². The van der Waals surface area contributed by atoms with Gasteiger partial charge >= 0.3 is 5.69 Å². The summed E-state index contributed by atoms with van der Waals surface area (Å²) in [6, 6.07) is 8.39. The van der Waals surface area contributed by atoms with Gasteiger partial charge in [0.2, 0.25) is 0 Å². The average molecular weight is 382 g/mol. The summed E-state index contributed by atoms with van der Waals surface area (Å²) in [4.78, 5) is 10.7. The van der Waals surface area contributed by atoms with Crippen LogP contribution in [0.2, 0.25) is 0 Å². The molecule has 0 N–H and O–H groups in total. The van der Waals surface area contributed by atoms with Gasteiger partial charge in [-0.1, -0.05) is 22.0 Å². The fraction of sp³-hybridized carbons (Fsp3) is 0.250. The van der Waals surface area contributed by atoms with Crippen molar-refractivity contribution >= 4 is 21.6 Å². The van der Waals surface area contributed by atoms with Crippen LogP contribution < -0.4 is 14.2 Å². The highest BCUT2D eigenvalue weighted by atomic mass is 79.9. The average Bonchev–Trinajstić information content (AvgIpc) is 2.54. The van der Waals surface area contributed by atoms with Crippen LogP contribution in [0.25, 0.3) is 0 Å². The molecule has 0 saturated heterocycles. The third-order valence-corrected chi connectivity index (χ3v) is 3.99. The minimum Gasteiger partial charge on any atom is -0.493 e. The van der Waals surface area contributed by atoms with E-state index in [1.807, 2.05) is 0 Å². The summed E-state index contributed by atoms with van der Waals surface area (Å²) in [5.74, 6) is 1.37. The van der Waals surface area contributed by atoms with Crippen LogP contribution in [0.3, 0.4) is 0 Å². The van der Waals surface area contributed by atoms with Crippen LogP contribution in [-0.4, -0.2) is 19.1 Å². The molecule has 2 rings (SSSR count). The van der Waals surface area contributed by atoms with Crippen molar-refractivity contribution in [2.45, 2.75) is 13.5 Å². The maximum Gasteiger partial charge on any atom is 0.311 e. The molecule has 0 spiro atoms. The van der Waals surface area contributed by atoms with Gasteiger partial charge < -0.3 is 14.2 Å². The van der Waals surface area contributed by atoms with Crippen molar-refractivity contribution in [2.75, 3.05) is 14.2 Å². The summed E-state index contributed by atoms with van der Waals surface area (Å²) >= 11 is 3.43. The molecule has 0 aliphatic heterocycles. The van der Waals surface area contributed by atoms with E-state index in [0.29, 0.717) is 11.5 Å². The van der Waals surface area contributed by atoms with E-state index in [1.54, 1.807) is 45.4 Å². The van der Waals surface area contributed by atoms with E-state index in [1.165, 1.54) is 6.07 Å². The molecule has 0 aliphatic rings. The van der Waals surface area contributed by atoms with Crippen molar-refractivity contribution < 1.29 is 19.1 Å². The van der Waals surface area contributed by atoms with Crippen LogP contribution in [0.4, 0.5) is 5.69 Å². The van der Waals surface area contributed by atoms with E-state index in [9.17, 15) is 10.1 Å². The minimum atomic E-state index is -0.452. The van der Waals surface area contributed by atoms with Gasteiger partial charge in [0, 0.05) is 16.1 Å². The highest BCUT2D eigenvalue weighted by molar-refractivity contribution is 9.10. The Morgan fingerprint density at radius 1 is 1.09 bits per heavy atom. The van der Waals surface area contributed by atoms with Crippen molar-refractivity contribution in [2.24, 2.45) is 0 Å². The lowest BCUT2D eigenvalue weighted by molar-refractivity contribution is -0.386. The molecule has 122 valence electrons. The topological polar surface area (TPSA) is 70.8 Å². The van der Waals surface area contributed by atoms with Crippen molar-refractivity contribution in [1.82, 2.24) is 0 Å². The molecule has 0 atom stereocenters. The Kier molecular flexibility index (Phi) is 5.44. The summed E-state index contributed by atoms with van der Waals surface area (Å²) < 4.78 is 16.9. The lowest BCUT2D eigenvalue weighted by Gasteiger charge is -2.13. The fourth-order valence-corrected chi connectivity index (χ4v) is 2.49. The van der Waals surface area contributed by atoms with Crippen molar-refractivity contribution in [3.63, 3.8) is 0 Å². The van der Waals surface area contributed by atoms with Crippen LogP contribution in [-0.2, 0) is 6.61 Å². The van der Waals surface area contributed by atoms with Crippen molar-refractivity contribution in [1.29, 1.82) is 0 Å². The number of rotatable bonds is 6. The molecule has 2 aromatic rings. The molecule has 0 bridgehead atoms. The summed E-state index contributed by atoms with van der Waals surface area (Å²) in [5.41, 5.74) is 1.54. The summed E-state index contributed by atoms with van der Waals surface area (Å²) in [5, 5.41) is 11.1. The second-order valence-corrected chi connectivity index (χ2v) is 5.67. The highest BCUT2D eigenvalue weighted by Crippen LogP contribution is 2.35. The lowest BCUT2D eigenvalue weighted by Crippen LogP contribution is -2.01. The number of hydrogen-bond donors (Lipinski definition) is 0. The monoisotopic (exact) mass is 381 g/mol. The predicted octanol–water partition coefficient (Wildman–Crippen LogP) is 4.26. The second-order valence-electron chi connectivity index (χ2n) is 4.82. The third kappa shape index (κ3) is 3.92. The Labute approximate surface area is 142 Å². The van der Waals surface area contributed by atoms with Gasteiger partial charge in [0.1, 0.15) is 6.61 Å². The predicted molar refractivity (Wildman–Crippen MR) is 89.4 cm³/mol. The number of benzene rings is 2. The quantitative estimate of drug-likeness (QED) is 0.552. The van der Waals surface area contributed by atoms with Crippen LogP contribution in [0.5, 0.6) is 17.2 Å². The number of hydrogen-bond acceptors (Lipinski definition) is 5. The molecular weight excluding hydrogens is 366 g/mol. The molecule has 0 amide bonds.